The van der Waals surface area contributed by atoms with Gasteiger partial charge in [0.25, 0.3) is 0 Å². The Balaban J connectivity index is 2.55. The van der Waals surface area contributed by atoms with Crippen LogP contribution in [0.15, 0.2) is 10.6 Å². The molecule has 0 fully saturated rings. The van der Waals surface area contributed by atoms with Crippen LogP contribution < -0.4 is 5.32 Å². The summed E-state index contributed by atoms with van der Waals surface area (Å²) in [5, 5.41) is 6.49. The Bertz CT molecular complexity index is 334. The molecule has 4 nitrogen and oxygen atoms in total. The van der Waals surface area contributed by atoms with Gasteiger partial charge in [-0.1, -0.05) is 17.3 Å². The van der Waals surface area contributed by atoms with E-state index < -0.39 is 0 Å². The Hall–Kier alpha value is -1.58. The normalized spacial score (nSPS) is 10.8. The summed E-state index contributed by atoms with van der Waals surface area (Å²) in [5.74, 6) is 0.759. The minimum Gasteiger partial charge on any atom is -0.361 e. The maximum atomic E-state index is 10.6. The van der Waals surface area contributed by atoms with Gasteiger partial charge < -0.3 is 9.84 Å². The molecule has 1 rings (SSSR count). The predicted octanol–water partition coefficient (Wildman–Crippen LogP) is 1.44. The summed E-state index contributed by atoms with van der Waals surface area (Å²) in [6, 6.07) is 0. The second-order valence-corrected chi connectivity index (χ2v) is 3.08. The van der Waals surface area contributed by atoms with Crippen LogP contribution in [-0.4, -0.2) is 17.6 Å². The van der Waals surface area contributed by atoms with Crippen LogP contribution in [0.25, 0.3) is 6.08 Å². The van der Waals surface area contributed by atoms with Crippen LogP contribution in [-0.2, 0) is 4.79 Å². The summed E-state index contributed by atoms with van der Waals surface area (Å²) >= 11 is 0. The Morgan fingerprint density at radius 2 is 2.29 bits per heavy atom. The molecule has 4 heteroatoms. The van der Waals surface area contributed by atoms with Gasteiger partial charge in [-0.2, -0.15) is 0 Å². The molecule has 0 aliphatic rings. The van der Waals surface area contributed by atoms with Crippen molar-refractivity contribution in [3.8, 4) is 0 Å². The SMILES string of the molecule is CC(=O)NCC=Cc1c(C)noc1C. The van der Waals surface area contributed by atoms with Gasteiger partial charge in [0, 0.05) is 19.0 Å². The molecule has 0 aliphatic carbocycles. The van der Waals surface area contributed by atoms with Crippen molar-refractivity contribution in [3.63, 3.8) is 0 Å². The molecule has 0 aliphatic heterocycles. The highest BCUT2D eigenvalue weighted by Gasteiger charge is 2.03. The number of nitrogens with one attached hydrogen (secondary N) is 1. The first-order valence-electron chi connectivity index (χ1n) is 4.45. The number of aromatic nitrogens is 1. The van der Waals surface area contributed by atoms with Gasteiger partial charge >= 0.3 is 0 Å². The van der Waals surface area contributed by atoms with Crippen molar-refractivity contribution in [1.29, 1.82) is 0 Å². The second kappa shape index (κ2) is 4.60. The Labute approximate surface area is 83.0 Å². The molecule has 76 valence electrons. The number of hydrogen-bond donors (Lipinski definition) is 1. The fourth-order valence-electron chi connectivity index (χ4n) is 1.11. The second-order valence-electron chi connectivity index (χ2n) is 3.08. The maximum Gasteiger partial charge on any atom is 0.217 e. The van der Waals surface area contributed by atoms with Gasteiger partial charge in [0.2, 0.25) is 5.91 Å². The van der Waals surface area contributed by atoms with Crippen molar-refractivity contribution >= 4 is 12.0 Å². The van der Waals surface area contributed by atoms with E-state index in [9.17, 15) is 4.79 Å². The lowest BCUT2D eigenvalue weighted by Crippen LogP contribution is -2.19. The standard InChI is InChI=1S/C10H14N2O2/c1-7-10(8(2)14-12-7)5-4-6-11-9(3)13/h4-5H,6H2,1-3H3,(H,11,13). The van der Waals surface area contributed by atoms with Crippen LogP contribution in [0, 0.1) is 13.8 Å². The van der Waals surface area contributed by atoms with Crippen LogP contribution in [0.4, 0.5) is 0 Å². The summed E-state index contributed by atoms with van der Waals surface area (Å²) < 4.78 is 4.98. The highest BCUT2D eigenvalue weighted by atomic mass is 16.5. The molecule has 0 radical (unpaired) electrons. The number of nitrogens with zero attached hydrogens (tertiary/aromatic N) is 1. The average molecular weight is 194 g/mol. The van der Waals surface area contributed by atoms with E-state index in [0.717, 1.165) is 17.0 Å². The zero-order valence-corrected chi connectivity index (χ0v) is 8.63. The van der Waals surface area contributed by atoms with Crippen LogP contribution in [0.3, 0.4) is 0 Å². The first kappa shape index (κ1) is 10.5. The number of hydrogen-bond acceptors (Lipinski definition) is 3. The van der Waals surface area contributed by atoms with Crippen molar-refractivity contribution < 1.29 is 9.32 Å². The van der Waals surface area contributed by atoms with Gasteiger partial charge in [0.15, 0.2) is 0 Å². The smallest absolute Gasteiger partial charge is 0.217 e. The maximum absolute atomic E-state index is 10.6. The molecular formula is C10H14N2O2. The molecule has 0 saturated carbocycles. The van der Waals surface area contributed by atoms with Crippen molar-refractivity contribution in [2.75, 3.05) is 6.54 Å². The lowest BCUT2D eigenvalue weighted by Gasteiger charge is -1.94. The molecule has 1 amide bonds. The summed E-state index contributed by atoms with van der Waals surface area (Å²) in [6.45, 7) is 5.76. The van der Waals surface area contributed by atoms with Gasteiger partial charge in [-0.05, 0) is 13.8 Å². The monoisotopic (exact) mass is 194 g/mol. The van der Waals surface area contributed by atoms with Crippen molar-refractivity contribution in [3.05, 3.63) is 23.1 Å². The Morgan fingerprint density at radius 3 is 2.79 bits per heavy atom. The molecule has 0 aromatic carbocycles. The van der Waals surface area contributed by atoms with E-state index in [1.165, 1.54) is 6.92 Å². The van der Waals surface area contributed by atoms with Crippen LogP contribution in [0.5, 0.6) is 0 Å². The molecule has 0 bridgehead atoms. The first-order valence-corrected chi connectivity index (χ1v) is 4.45. The molecule has 1 aromatic rings. The van der Waals surface area contributed by atoms with Gasteiger partial charge in [0.05, 0.1) is 5.69 Å². The van der Waals surface area contributed by atoms with Crippen LogP contribution >= 0.6 is 0 Å². The van der Waals surface area contributed by atoms with E-state index in [4.69, 9.17) is 4.52 Å². The van der Waals surface area contributed by atoms with E-state index in [0.29, 0.717) is 6.54 Å². The van der Waals surface area contributed by atoms with Crippen molar-refractivity contribution in [1.82, 2.24) is 10.5 Å². The highest BCUT2D eigenvalue weighted by molar-refractivity contribution is 5.73. The largest absolute Gasteiger partial charge is 0.361 e. The van der Waals surface area contributed by atoms with Crippen LogP contribution in [0.2, 0.25) is 0 Å². The van der Waals surface area contributed by atoms with Crippen molar-refractivity contribution in [2.45, 2.75) is 20.8 Å². The lowest BCUT2D eigenvalue weighted by atomic mass is 10.2. The van der Waals surface area contributed by atoms with Gasteiger partial charge in [-0.15, -0.1) is 0 Å². The highest BCUT2D eigenvalue weighted by Crippen LogP contribution is 2.13. The van der Waals surface area contributed by atoms with E-state index in [-0.39, 0.29) is 5.91 Å². The number of carbonyl (C=O) groups excluding carboxylic acids is 1. The van der Waals surface area contributed by atoms with E-state index in [1.54, 1.807) is 0 Å². The van der Waals surface area contributed by atoms with E-state index in [1.807, 2.05) is 26.0 Å². The van der Waals surface area contributed by atoms with E-state index in [2.05, 4.69) is 10.5 Å². The number of carbonyl (C=O) groups is 1. The van der Waals surface area contributed by atoms with Gasteiger partial charge in [0.1, 0.15) is 5.76 Å². The van der Waals surface area contributed by atoms with Gasteiger partial charge in [-0.3, -0.25) is 4.79 Å². The topological polar surface area (TPSA) is 55.1 Å². The molecule has 1 aromatic heterocycles. The first-order chi connectivity index (χ1) is 6.61. The lowest BCUT2D eigenvalue weighted by molar-refractivity contribution is -0.118. The van der Waals surface area contributed by atoms with E-state index >= 15 is 0 Å². The number of aryl methyl sites for hydroxylation is 2. The summed E-state index contributed by atoms with van der Waals surface area (Å²) in [4.78, 5) is 10.6. The molecular weight excluding hydrogens is 180 g/mol. The molecule has 0 saturated heterocycles. The fraction of sp³-hybridized carbons (Fsp3) is 0.400. The summed E-state index contributed by atoms with van der Waals surface area (Å²) in [5.41, 5.74) is 1.84. The molecule has 0 spiro atoms. The minimum absolute atomic E-state index is 0.0339. The molecule has 1 heterocycles. The van der Waals surface area contributed by atoms with Crippen molar-refractivity contribution in [2.24, 2.45) is 0 Å². The summed E-state index contributed by atoms with van der Waals surface area (Å²) in [7, 11) is 0. The molecule has 1 N–H and O–H groups in total. The molecule has 0 atom stereocenters. The molecule has 0 unspecified atom stereocenters. The van der Waals surface area contributed by atoms with Crippen LogP contribution in [0.1, 0.15) is 23.9 Å². The predicted molar refractivity (Wildman–Crippen MR) is 53.7 cm³/mol. The third-order valence-electron chi connectivity index (χ3n) is 1.84. The molecule has 14 heavy (non-hydrogen) atoms. The zero-order chi connectivity index (χ0) is 10.6. The third kappa shape index (κ3) is 2.73. The third-order valence-corrected chi connectivity index (χ3v) is 1.84. The fourth-order valence-corrected chi connectivity index (χ4v) is 1.11. The minimum atomic E-state index is -0.0339. The summed E-state index contributed by atoms with van der Waals surface area (Å²) in [6.07, 6.45) is 3.77. The van der Waals surface area contributed by atoms with Gasteiger partial charge in [-0.25, -0.2) is 0 Å². The average Bonchev–Trinajstić information content (AvgIpc) is 2.42. The quantitative estimate of drug-likeness (QED) is 0.792. The Kier molecular flexibility index (Phi) is 3.45. The number of amides is 1. The zero-order valence-electron chi connectivity index (χ0n) is 8.63. The number of rotatable bonds is 3. The Morgan fingerprint density at radius 1 is 1.57 bits per heavy atom.